The van der Waals surface area contributed by atoms with Gasteiger partial charge in [-0.05, 0) is 24.3 Å². The molecule has 0 aliphatic heterocycles. The Hall–Kier alpha value is -3.48. The Morgan fingerprint density at radius 2 is 1.92 bits per heavy atom. The Labute approximate surface area is 140 Å². The quantitative estimate of drug-likeness (QED) is 0.623. The maximum absolute atomic E-state index is 13.6. The lowest BCUT2D eigenvalue weighted by molar-refractivity contribution is -0.116. The second kappa shape index (κ2) is 5.86. The number of nitrogens with one attached hydrogen (secondary N) is 1. The maximum Gasteiger partial charge on any atom is 0.297 e. The van der Waals surface area contributed by atoms with E-state index in [0.29, 0.717) is 11.1 Å². The summed E-state index contributed by atoms with van der Waals surface area (Å²) < 4.78 is 20.3. The molecular weight excluding hydrogens is 325 g/mol. The molecule has 4 rings (SSSR count). The summed E-state index contributed by atoms with van der Waals surface area (Å²) in [6.45, 7) is -0.298. The van der Waals surface area contributed by atoms with Gasteiger partial charge in [0.2, 0.25) is 11.5 Å². The van der Waals surface area contributed by atoms with E-state index in [1.165, 1.54) is 24.5 Å². The van der Waals surface area contributed by atoms with Crippen LogP contribution in [0.1, 0.15) is 0 Å². The van der Waals surface area contributed by atoms with Crippen LogP contribution in [-0.2, 0) is 11.3 Å². The van der Waals surface area contributed by atoms with Crippen LogP contribution in [0.3, 0.4) is 0 Å². The van der Waals surface area contributed by atoms with Gasteiger partial charge in [-0.1, -0.05) is 24.3 Å². The van der Waals surface area contributed by atoms with E-state index in [9.17, 15) is 14.0 Å². The molecular formula is C18H12FN3O3. The van der Waals surface area contributed by atoms with E-state index in [-0.39, 0.29) is 17.8 Å². The monoisotopic (exact) mass is 337 g/mol. The first-order valence-electron chi connectivity index (χ1n) is 7.54. The van der Waals surface area contributed by atoms with Crippen LogP contribution in [0.4, 0.5) is 10.1 Å². The first-order valence-corrected chi connectivity index (χ1v) is 7.54. The molecule has 0 saturated heterocycles. The maximum atomic E-state index is 13.6. The zero-order valence-electron chi connectivity index (χ0n) is 12.9. The molecule has 0 aliphatic carbocycles. The van der Waals surface area contributed by atoms with Crippen molar-refractivity contribution in [1.29, 1.82) is 0 Å². The summed E-state index contributed by atoms with van der Waals surface area (Å²) in [6.07, 6.45) is 1.29. The van der Waals surface area contributed by atoms with Crippen LogP contribution in [0.25, 0.3) is 22.1 Å². The molecule has 0 bridgehead atoms. The number of carbonyl (C=O) groups is 1. The van der Waals surface area contributed by atoms with Crippen LogP contribution in [0.2, 0.25) is 0 Å². The summed E-state index contributed by atoms with van der Waals surface area (Å²) >= 11 is 0. The molecule has 124 valence electrons. The number of amides is 1. The summed E-state index contributed by atoms with van der Waals surface area (Å²) in [7, 11) is 0. The Kier molecular flexibility index (Phi) is 3.53. The molecule has 4 aromatic rings. The molecule has 1 N–H and O–H groups in total. The number of hydrogen-bond acceptors (Lipinski definition) is 4. The highest BCUT2D eigenvalue weighted by molar-refractivity contribution is 6.01. The van der Waals surface area contributed by atoms with Crippen LogP contribution in [0.5, 0.6) is 0 Å². The number of anilines is 1. The molecule has 2 aromatic carbocycles. The van der Waals surface area contributed by atoms with E-state index < -0.39 is 17.3 Å². The highest BCUT2D eigenvalue weighted by Gasteiger charge is 2.15. The molecule has 0 fully saturated rings. The predicted octanol–water partition coefficient (Wildman–Crippen LogP) is 2.92. The molecule has 1 amide bonds. The molecule has 7 heteroatoms. The average molecular weight is 337 g/mol. The highest BCUT2D eigenvalue weighted by Crippen LogP contribution is 2.24. The first-order chi connectivity index (χ1) is 12.1. The number of hydrogen-bond donors (Lipinski definition) is 1. The number of fused-ring (bicyclic) bond motifs is 3. The Bertz CT molecular complexity index is 1160. The fourth-order valence-electron chi connectivity index (χ4n) is 2.63. The Morgan fingerprint density at radius 3 is 2.76 bits per heavy atom. The van der Waals surface area contributed by atoms with Crippen molar-refractivity contribution in [3.8, 4) is 0 Å². The minimum atomic E-state index is -0.547. The van der Waals surface area contributed by atoms with Gasteiger partial charge >= 0.3 is 0 Å². The van der Waals surface area contributed by atoms with Crippen LogP contribution in [0.15, 0.2) is 64.1 Å². The summed E-state index contributed by atoms with van der Waals surface area (Å²) in [5.41, 5.74) is 0.674. The van der Waals surface area contributed by atoms with Crippen molar-refractivity contribution in [2.45, 2.75) is 6.54 Å². The van der Waals surface area contributed by atoms with Crippen LogP contribution in [-0.4, -0.2) is 15.5 Å². The second-order valence-electron chi connectivity index (χ2n) is 5.48. The molecule has 0 radical (unpaired) electrons. The standard InChI is InChI=1S/C18H12FN3O3/c19-12-6-2-3-7-13(12)21-15(23)9-22-10-20-16-11-5-1-4-8-14(11)25-17(16)18(22)24/h1-8,10H,9H2,(H,21,23). The lowest BCUT2D eigenvalue weighted by atomic mass is 10.2. The lowest BCUT2D eigenvalue weighted by Crippen LogP contribution is -2.27. The van der Waals surface area contributed by atoms with Gasteiger partial charge in [0, 0.05) is 5.39 Å². The van der Waals surface area contributed by atoms with E-state index in [1.807, 2.05) is 12.1 Å². The minimum absolute atomic E-state index is 0.0540. The normalized spacial score (nSPS) is 11.1. The summed E-state index contributed by atoms with van der Waals surface area (Å²) in [5, 5.41) is 3.16. The van der Waals surface area contributed by atoms with Gasteiger partial charge in [0.1, 0.15) is 23.5 Å². The van der Waals surface area contributed by atoms with E-state index >= 15 is 0 Å². The number of aromatic nitrogens is 2. The zero-order valence-corrected chi connectivity index (χ0v) is 12.9. The number of rotatable bonds is 3. The first kappa shape index (κ1) is 15.1. The van der Waals surface area contributed by atoms with Crippen molar-refractivity contribution < 1.29 is 13.6 Å². The highest BCUT2D eigenvalue weighted by atomic mass is 19.1. The topological polar surface area (TPSA) is 77.1 Å². The SMILES string of the molecule is O=C(Cn1cnc2c(oc3ccccc32)c1=O)Nc1ccccc1F. The number of halogens is 1. The van der Waals surface area contributed by atoms with Gasteiger partial charge in [0.05, 0.1) is 12.0 Å². The van der Waals surface area contributed by atoms with E-state index in [0.717, 1.165) is 9.95 Å². The van der Waals surface area contributed by atoms with Crippen molar-refractivity contribution in [3.05, 3.63) is 71.0 Å². The molecule has 0 unspecified atom stereocenters. The van der Waals surface area contributed by atoms with Crippen LogP contribution < -0.4 is 10.9 Å². The number of para-hydroxylation sites is 2. The van der Waals surface area contributed by atoms with Crippen molar-refractivity contribution in [2.75, 3.05) is 5.32 Å². The lowest BCUT2D eigenvalue weighted by Gasteiger charge is -2.07. The van der Waals surface area contributed by atoms with E-state index in [1.54, 1.807) is 18.2 Å². The second-order valence-corrected chi connectivity index (χ2v) is 5.48. The molecule has 2 aromatic heterocycles. The molecule has 6 nitrogen and oxygen atoms in total. The number of carbonyl (C=O) groups excluding carboxylic acids is 1. The van der Waals surface area contributed by atoms with Gasteiger partial charge in [-0.3, -0.25) is 14.2 Å². The third-order valence-electron chi connectivity index (χ3n) is 3.81. The number of benzene rings is 2. The van der Waals surface area contributed by atoms with Crippen LogP contribution in [0, 0.1) is 5.82 Å². The predicted molar refractivity (Wildman–Crippen MR) is 90.8 cm³/mol. The third kappa shape index (κ3) is 2.65. The van der Waals surface area contributed by atoms with Gasteiger partial charge in [0.15, 0.2) is 0 Å². The van der Waals surface area contributed by atoms with Gasteiger partial charge < -0.3 is 9.73 Å². The fraction of sp³-hybridized carbons (Fsp3) is 0.0556. The van der Waals surface area contributed by atoms with Crippen molar-refractivity contribution >= 4 is 33.7 Å². The molecule has 0 aliphatic rings. The van der Waals surface area contributed by atoms with Gasteiger partial charge in [-0.25, -0.2) is 9.37 Å². The summed E-state index contributed by atoms with van der Waals surface area (Å²) in [6, 6.07) is 13.0. The largest absolute Gasteiger partial charge is 0.448 e. The smallest absolute Gasteiger partial charge is 0.297 e. The zero-order chi connectivity index (χ0) is 17.4. The van der Waals surface area contributed by atoms with Crippen LogP contribution >= 0.6 is 0 Å². The van der Waals surface area contributed by atoms with Gasteiger partial charge in [0.25, 0.3) is 5.56 Å². The molecule has 0 saturated carbocycles. The molecule has 0 spiro atoms. The van der Waals surface area contributed by atoms with Gasteiger partial charge in [-0.15, -0.1) is 0 Å². The van der Waals surface area contributed by atoms with E-state index in [4.69, 9.17) is 4.42 Å². The van der Waals surface area contributed by atoms with Crippen molar-refractivity contribution in [3.63, 3.8) is 0 Å². The fourth-order valence-corrected chi connectivity index (χ4v) is 2.63. The Morgan fingerprint density at radius 1 is 1.16 bits per heavy atom. The Balaban J connectivity index is 1.67. The summed E-state index contributed by atoms with van der Waals surface area (Å²) in [5.74, 6) is -1.08. The third-order valence-corrected chi connectivity index (χ3v) is 3.81. The number of furan rings is 1. The number of nitrogens with zero attached hydrogens (tertiary/aromatic N) is 2. The molecule has 0 atom stereocenters. The van der Waals surface area contributed by atoms with Gasteiger partial charge in [-0.2, -0.15) is 0 Å². The average Bonchev–Trinajstić information content (AvgIpc) is 2.99. The minimum Gasteiger partial charge on any atom is -0.448 e. The van der Waals surface area contributed by atoms with Crippen molar-refractivity contribution in [1.82, 2.24) is 9.55 Å². The molecule has 25 heavy (non-hydrogen) atoms. The van der Waals surface area contributed by atoms with E-state index in [2.05, 4.69) is 10.3 Å². The summed E-state index contributed by atoms with van der Waals surface area (Å²) in [4.78, 5) is 28.8. The van der Waals surface area contributed by atoms with Crippen molar-refractivity contribution in [2.24, 2.45) is 0 Å². The molecule has 2 heterocycles.